The second-order valence-electron chi connectivity index (χ2n) is 8.08. The maximum Gasteiger partial charge on any atom is 0.283 e. The highest BCUT2D eigenvalue weighted by Gasteiger charge is 2.36. The molecule has 2 heterocycles. The molecule has 0 atom stereocenters. The molecule has 0 saturated carbocycles. The lowest BCUT2D eigenvalue weighted by atomic mass is 10.1. The normalized spacial score (nSPS) is 15.8. The largest absolute Gasteiger partial charge is 0.490 e. The van der Waals surface area contributed by atoms with Gasteiger partial charge in [0, 0.05) is 5.41 Å². The number of carbonyl (C=O) groups excluding carboxylic acids is 1. The molecule has 0 radical (unpaired) electrons. The van der Waals surface area contributed by atoms with E-state index in [1.165, 1.54) is 11.8 Å². The second kappa shape index (κ2) is 11.2. The predicted molar refractivity (Wildman–Crippen MR) is 147 cm³/mol. The number of para-hydroxylation sites is 1. The van der Waals surface area contributed by atoms with Crippen molar-refractivity contribution in [1.29, 1.82) is 5.41 Å². The number of ether oxygens (including phenoxy) is 3. The summed E-state index contributed by atoms with van der Waals surface area (Å²) < 4.78 is 17.4. The number of thioether (sulfide) groups is 1. The first-order valence-corrected chi connectivity index (χ1v) is 12.8. The number of nitrogens with one attached hydrogen (secondary N) is 1. The molecule has 0 spiro atoms. The fourth-order valence-electron chi connectivity index (χ4n) is 3.91. The smallest absolute Gasteiger partial charge is 0.283 e. The van der Waals surface area contributed by atoms with Gasteiger partial charge in [-0.05, 0) is 48.4 Å². The average molecular weight is 512 g/mol. The summed E-state index contributed by atoms with van der Waals surface area (Å²) in [7, 11) is 0. The first kappa shape index (κ1) is 24.4. The molecule has 3 aromatic carbocycles. The second-order valence-corrected chi connectivity index (χ2v) is 8.91. The molecule has 0 saturated heterocycles. The van der Waals surface area contributed by atoms with Gasteiger partial charge in [-0.2, -0.15) is 4.99 Å². The molecule has 1 N–H and O–H groups in total. The van der Waals surface area contributed by atoms with Crippen LogP contribution in [0.15, 0.2) is 94.8 Å². The summed E-state index contributed by atoms with van der Waals surface area (Å²) in [5.74, 6) is 1.56. The minimum atomic E-state index is -0.442. The molecule has 37 heavy (non-hydrogen) atoms. The molecule has 186 valence electrons. The monoisotopic (exact) mass is 511 g/mol. The number of hydrogen-bond donors (Lipinski definition) is 1. The Hall–Kier alpha value is -4.30. The van der Waals surface area contributed by atoms with E-state index in [9.17, 15) is 4.79 Å². The van der Waals surface area contributed by atoms with Gasteiger partial charge in [-0.15, -0.1) is 0 Å². The van der Waals surface area contributed by atoms with E-state index in [1.807, 2.05) is 79.1 Å². The molecule has 7 nitrogen and oxygen atoms in total. The highest BCUT2D eigenvalue weighted by molar-refractivity contribution is 8.17. The van der Waals surface area contributed by atoms with E-state index in [4.69, 9.17) is 19.6 Å². The number of fused-ring (bicyclic) bond motifs is 1. The summed E-state index contributed by atoms with van der Waals surface area (Å²) in [6, 6.07) is 24.8. The summed E-state index contributed by atoms with van der Waals surface area (Å²) in [6.45, 7) is 3.08. The SMILES string of the molecule is CCOc1cc(C=C2C(=N)N3C(c4ccccc4)=CSC3=NC2=O)ccc1OCCOc1ccccc1. The van der Waals surface area contributed by atoms with Gasteiger partial charge < -0.3 is 14.2 Å². The fraction of sp³-hybridized carbons (Fsp3) is 0.138. The van der Waals surface area contributed by atoms with Gasteiger partial charge in [0.1, 0.15) is 24.8 Å². The van der Waals surface area contributed by atoms with E-state index < -0.39 is 5.91 Å². The van der Waals surface area contributed by atoms with Crippen molar-refractivity contribution in [3.63, 3.8) is 0 Å². The van der Waals surface area contributed by atoms with Gasteiger partial charge in [0.15, 0.2) is 16.7 Å². The summed E-state index contributed by atoms with van der Waals surface area (Å²) in [5, 5.41) is 11.2. The quantitative estimate of drug-likeness (QED) is 0.287. The standard InChI is InChI=1S/C29H25N3O4S/c1-2-34-26-18-20(13-14-25(26)36-16-15-35-22-11-7-4-8-12-22)17-23-27(30)32-24(21-9-5-3-6-10-21)19-37-29(32)31-28(23)33/h3-14,17-19,30H,2,15-16H2,1H3. The maximum atomic E-state index is 12.8. The van der Waals surface area contributed by atoms with Gasteiger partial charge in [0.05, 0.1) is 17.9 Å². The predicted octanol–water partition coefficient (Wildman–Crippen LogP) is 5.85. The van der Waals surface area contributed by atoms with Crippen LogP contribution >= 0.6 is 11.8 Å². The van der Waals surface area contributed by atoms with Gasteiger partial charge in [-0.1, -0.05) is 66.4 Å². The van der Waals surface area contributed by atoms with Gasteiger partial charge in [-0.3, -0.25) is 15.1 Å². The number of hydrogen-bond acceptors (Lipinski definition) is 6. The maximum absolute atomic E-state index is 12.8. The third-order valence-corrected chi connectivity index (χ3v) is 6.44. The summed E-state index contributed by atoms with van der Waals surface area (Å²) >= 11 is 1.34. The van der Waals surface area contributed by atoms with Crippen LogP contribution < -0.4 is 14.2 Å². The Morgan fingerprint density at radius 3 is 2.41 bits per heavy atom. The molecule has 1 amide bonds. The van der Waals surface area contributed by atoms with Crippen molar-refractivity contribution in [3.8, 4) is 17.2 Å². The zero-order chi connectivity index (χ0) is 25.6. The summed E-state index contributed by atoms with van der Waals surface area (Å²) in [6.07, 6.45) is 1.67. The van der Waals surface area contributed by atoms with Crippen LogP contribution in [-0.4, -0.2) is 41.6 Å². The molecule has 3 aromatic rings. The fourth-order valence-corrected chi connectivity index (χ4v) is 4.80. The van der Waals surface area contributed by atoms with Crippen molar-refractivity contribution in [2.75, 3.05) is 19.8 Å². The molecule has 2 aliphatic heterocycles. The van der Waals surface area contributed by atoms with E-state index in [-0.39, 0.29) is 11.4 Å². The first-order valence-electron chi connectivity index (χ1n) is 11.9. The number of nitrogens with zero attached hydrogens (tertiary/aromatic N) is 2. The Labute approximate surface area is 219 Å². The number of amides is 1. The molecule has 0 aromatic heterocycles. The van der Waals surface area contributed by atoms with Crippen molar-refractivity contribution in [2.45, 2.75) is 6.92 Å². The van der Waals surface area contributed by atoms with Crippen LogP contribution in [-0.2, 0) is 4.79 Å². The molecule has 0 aliphatic carbocycles. The van der Waals surface area contributed by atoms with Crippen LogP contribution in [0.3, 0.4) is 0 Å². The van der Waals surface area contributed by atoms with E-state index in [2.05, 4.69) is 4.99 Å². The van der Waals surface area contributed by atoms with Gasteiger partial charge in [0.2, 0.25) is 0 Å². The van der Waals surface area contributed by atoms with Crippen molar-refractivity contribution >= 4 is 40.4 Å². The lowest BCUT2D eigenvalue weighted by molar-refractivity contribution is -0.114. The van der Waals surface area contributed by atoms with Crippen molar-refractivity contribution in [1.82, 2.24) is 4.90 Å². The zero-order valence-electron chi connectivity index (χ0n) is 20.2. The lowest BCUT2D eigenvalue weighted by Gasteiger charge is -2.27. The van der Waals surface area contributed by atoms with Crippen molar-refractivity contribution < 1.29 is 19.0 Å². The minimum Gasteiger partial charge on any atom is -0.490 e. The number of aliphatic imine (C=N–C) groups is 1. The molecule has 0 fully saturated rings. The number of benzene rings is 3. The van der Waals surface area contributed by atoms with Crippen LogP contribution in [0.1, 0.15) is 18.1 Å². The van der Waals surface area contributed by atoms with Gasteiger partial charge in [-0.25, -0.2) is 0 Å². The lowest BCUT2D eigenvalue weighted by Crippen LogP contribution is -2.38. The Morgan fingerprint density at radius 2 is 1.65 bits per heavy atom. The molecule has 5 rings (SSSR count). The molecular weight excluding hydrogens is 486 g/mol. The molecule has 8 heteroatoms. The Balaban J connectivity index is 1.33. The molecule has 2 aliphatic rings. The van der Waals surface area contributed by atoms with Crippen LogP contribution in [0.5, 0.6) is 17.2 Å². The summed E-state index contributed by atoms with van der Waals surface area (Å²) in [4.78, 5) is 18.8. The zero-order valence-corrected chi connectivity index (χ0v) is 21.0. The minimum absolute atomic E-state index is 0.0893. The van der Waals surface area contributed by atoms with Crippen molar-refractivity contribution in [3.05, 3.63) is 101 Å². The third kappa shape index (κ3) is 5.44. The molecular formula is C29H25N3O4S. The van der Waals surface area contributed by atoms with Crippen molar-refractivity contribution in [2.24, 2.45) is 4.99 Å². The van der Waals surface area contributed by atoms with Gasteiger partial charge in [0.25, 0.3) is 5.91 Å². The van der Waals surface area contributed by atoms with Crippen LogP contribution in [0.25, 0.3) is 11.8 Å². The third-order valence-electron chi connectivity index (χ3n) is 5.62. The number of rotatable bonds is 9. The van der Waals surface area contributed by atoms with E-state index in [1.54, 1.807) is 23.1 Å². The Kier molecular flexibility index (Phi) is 7.37. The topological polar surface area (TPSA) is 84.2 Å². The van der Waals surface area contributed by atoms with E-state index in [0.29, 0.717) is 42.1 Å². The number of carbonyl (C=O) groups is 1. The molecule has 0 unspecified atom stereocenters. The average Bonchev–Trinajstić information content (AvgIpc) is 3.35. The summed E-state index contributed by atoms with van der Waals surface area (Å²) in [5.41, 5.74) is 2.69. The highest BCUT2D eigenvalue weighted by Crippen LogP contribution is 2.37. The number of amidine groups is 2. The first-order chi connectivity index (χ1) is 18.1. The van der Waals surface area contributed by atoms with Crippen LogP contribution in [0, 0.1) is 5.41 Å². The van der Waals surface area contributed by atoms with E-state index >= 15 is 0 Å². The van der Waals surface area contributed by atoms with Gasteiger partial charge >= 0.3 is 0 Å². The van der Waals surface area contributed by atoms with Crippen LogP contribution in [0.2, 0.25) is 0 Å². The van der Waals surface area contributed by atoms with Crippen LogP contribution in [0.4, 0.5) is 0 Å². The Morgan fingerprint density at radius 1 is 0.919 bits per heavy atom. The Bertz CT molecular complexity index is 1400. The molecule has 0 bridgehead atoms. The van der Waals surface area contributed by atoms with E-state index in [0.717, 1.165) is 17.0 Å². The highest BCUT2D eigenvalue weighted by atomic mass is 32.2.